The van der Waals surface area contributed by atoms with Gasteiger partial charge >= 0.3 is 6.03 Å². The number of benzene rings is 1. The third-order valence-corrected chi connectivity index (χ3v) is 4.30. The molecule has 1 aromatic carbocycles. The smallest absolute Gasteiger partial charge is 0.319 e. The Morgan fingerprint density at radius 1 is 1.38 bits per heavy atom. The number of hydrogen-bond acceptors (Lipinski definition) is 3. The molecule has 2 atom stereocenters. The van der Waals surface area contributed by atoms with E-state index in [1.807, 2.05) is 18.7 Å². The molecule has 1 aliphatic rings. The number of piperidine rings is 1. The number of nitrogens with two attached hydrogens (primary N) is 1. The van der Waals surface area contributed by atoms with E-state index in [4.69, 9.17) is 5.73 Å². The Bertz CT molecular complexity index is 588. The molecule has 0 saturated carbocycles. The highest BCUT2D eigenvalue weighted by Gasteiger charge is 2.29. The molecule has 1 heterocycles. The van der Waals surface area contributed by atoms with Crippen molar-refractivity contribution in [3.8, 4) is 0 Å². The van der Waals surface area contributed by atoms with Crippen molar-refractivity contribution in [3.05, 3.63) is 29.8 Å². The maximum Gasteiger partial charge on any atom is 0.319 e. The van der Waals surface area contributed by atoms with Crippen molar-refractivity contribution < 1.29 is 9.59 Å². The molecule has 1 aliphatic heterocycles. The lowest BCUT2D eigenvalue weighted by Gasteiger charge is -2.38. The first-order chi connectivity index (χ1) is 11.4. The van der Waals surface area contributed by atoms with Crippen LogP contribution < -0.4 is 16.4 Å². The number of nitrogens with zero attached hydrogens (tertiary/aromatic N) is 1. The molecule has 2 unspecified atom stereocenters. The van der Waals surface area contributed by atoms with Crippen molar-refractivity contribution in [1.82, 2.24) is 10.2 Å². The van der Waals surface area contributed by atoms with Gasteiger partial charge in [0, 0.05) is 36.4 Å². The van der Waals surface area contributed by atoms with E-state index < -0.39 is 0 Å². The maximum absolute atomic E-state index is 12.8. The molecule has 4 N–H and O–H groups in total. The summed E-state index contributed by atoms with van der Waals surface area (Å²) in [6.07, 6.45) is 1.94. The quantitative estimate of drug-likeness (QED) is 0.791. The van der Waals surface area contributed by atoms with Crippen LogP contribution in [0.4, 0.5) is 10.5 Å². The number of rotatable bonds is 4. The van der Waals surface area contributed by atoms with Crippen LogP contribution in [0.5, 0.6) is 0 Å². The Morgan fingerprint density at radius 3 is 2.79 bits per heavy atom. The molecule has 0 spiro atoms. The van der Waals surface area contributed by atoms with E-state index in [0.717, 1.165) is 19.4 Å². The fourth-order valence-corrected chi connectivity index (χ4v) is 3.07. The molecule has 2 rings (SSSR count). The van der Waals surface area contributed by atoms with Crippen LogP contribution in [0.2, 0.25) is 0 Å². The fraction of sp³-hybridized carbons (Fsp3) is 0.556. The molecule has 0 bridgehead atoms. The second-order valence-electron chi connectivity index (χ2n) is 6.85. The molecule has 6 heteroatoms. The molecule has 1 saturated heterocycles. The van der Waals surface area contributed by atoms with Crippen molar-refractivity contribution in [2.75, 3.05) is 18.4 Å². The van der Waals surface area contributed by atoms with Crippen LogP contribution in [0.25, 0.3) is 0 Å². The number of carbonyl (C=O) groups excluding carboxylic acids is 2. The van der Waals surface area contributed by atoms with Crippen molar-refractivity contribution in [3.63, 3.8) is 0 Å². The molecule has 1 aromatic rings. The van der Waals surface area contributed by atoms with Crippen LogP contribution in [0.15, 0.2) is 24.3 Å². The number of likely N-dealkylation sites (tertiary alicyclic amines) is 1. The number of carbonyl (C=O) groups is 2. The Morgan fingerprint density at radius 2 is 2.12 bits per heavy atom. The van der Waals surface area contributed by atoms with E-state index in [2.05, 4.69) is 17.6 Å². The first-order valence-electron chi connectivity index (χ1n) is 8.59. The van der Waals surface area contributed by atoms with Gasteiger partial charge in [-0.25, -0.2) is 4.79 Å². The average molecular weight is 332 g/mol. The minimum absolute atomic E-state index is 0.0229. The van der Waals surface area contributed by atoms with E-state index in [1.165, 1.54) is 0 Å². The fourth-order valence-electron chi connectivity index (χ4n) is 3.07. The zero-order valence-corrected chi connectivity index (χ0v) is 14.7. The lowest BCUT2D eigenvalue weighted by atomic mass is 9.92. The summed E-state index contributed by atoms with van der Waals surface area (Å²) in [7, 11) is 0. The third kappa shape index (κ3) is 4.71. The van der Waals surface area contributed by atoms with Gasteiger partial charge in [0.05, 0.1) is 0 Å². The van der Waals surface area contributed by atoms with Crippen molar-refractivity contribution in [1.29, 1.82) is 0 Å². The van der Waals surface area contributed by atoms with Crippen LogP contribution in [0.1, 0.15) is 44.0 Å². The van der Waals surface area contributed by atoms with Crippen LogP contribution in [-0.4, -0.2) is 42.0 Å². The highest BCUT2D eigenvalue weighted by atomic mass is 16.2. The van der Waals surface area contributed by atoms with Gasteiger partial charge in [-0.1, -0.05) is 13.0 Å². The summed E-state index contributed by atoms with van der Waals surface area (Å²) in [6.45, 7) is 7.19. The Kier molecular flexibility index (Phi) is 6.20. The number of urea groups is 1. The molecule has 3 amide bonds. The third-order valence-electron chi connectivity index (χ3n) is 4.30. The number of hydrogen-bond donors (Lipinski definition) is 3. The predicted octanol–water partition coefficient (Wildman–Crippen LogP) is 2.42. The molecule has 6 nitrogen and oxygen atoms in total. The zero-order valence-electron chi connectivity index (χ0n) is 14.7. The van der Waals surface area contributed by atoms with Gasteiger partial charge in [-0.2, -0.15) is 0 Å². The molecule has 0 aromatic heterocycles. The Labute approximate surface area is 143 Å². The van der Waals surface area contributed by atoms with E-state index in [1.54, 1.807) is 24.3 Å². The first-order valence-corrected chi connectivity index (χ1v) is 8.59. The van der Waals surface area contributed by atoms with Gasteiger partial charge in [-0.15, -0.1) is 0 Å². The summed E-state index contributed by atoms with van der Waals surface area (Å²) >= 11 is 0. The summed E-state index contributed by atoms with van der Waals surface area (Å²) in [6, 6.07) is 6.91. The summed E-state index contributed by atoms with van der Waals surface area (Å²) in [5.74, 6) is 0.570. The number of nitrogens with one attached hydrogen (secondary N) is 2. The first kappa shape index (κ1) is 18.3. The monoisotopic (exact) mass is 332 g/mol. The zero-order chi connectivity index (χ0) is 17.7. The molecule has 0 aliphatic carbocycles. The standard InChI is InChI=1S/C18H28N4O2/c1-12(2)20-18(24)21-15-6-4-5-14(10-15)17(23)22-8-7-13(3)9-16(22)11-19/h4-6,10,12-13,16H,7-9,11,19H2,1-3H3,(H2,20,21,24). The van der Waals surface area contributed by atoms with Crippen molar-refractivity contribution >= 4 is 17.6 Å². The summed E-state index contributed by atoms with van der Waals surface area (Å²) in [5.41, 5.74) is 7.03. The molecular weight excluding hydrogens is 304 g/mol. The normalized spacial score (nSPS) is 20.8. The van der Waals surface area contributed by atoms with Gasteiger partial charge in [-0.05, 0) is 50.8 Å². The molecule has 132 valence electrons. The number of anilines is 1. The van der Waals surface area contributed by atoms with Crippen molar-refractivity contribution in [2.24, 2.45) is 11.7 Å². The van der Waals surface area contributed by atoms with E-state index >= 15 is 0 Å². The van der Waals surface area contributed by atoms with Gasteiger partial charge < -0.3 is 21.3 Å². The van der Waals surface area contributed by atoms with Crippen LogP contribution in [0.3, 0.4) is 0 Å². The minimum atomic E-state index is -0.277. The van der Waals surface area contributed by atoms with Gasteiger partial charge in [0.15, 0.2) is 0 Å². The average Bonchev–Trinajstić information content (AvgIpc) is 2.53. The largest absolute Gasteiger partial charge is 0.336 e. The minimum Gasteiger partial charge on any atom is -0.336 e. The second-order valence-corrected chi connectivity index (χ2v) is 6.85. The van der Waals surface area contributed by atoms with E-state index in [0.29, 0.717) is 23.7 Å². The maximum atomic E-state index is 12.8. The molecular formula is C18H28N4O2. The van der Waals surface area contributed by atoms with E-state index in [9.17, 15) is 9.59 Å². The van der Waals surface area contributed by atoms with Gasteiger partial charge in [0.2, 0.25) is 0 Å². The van der Waals surface area contributed by atoms with Gasteiger partial charge in [-0.3, -0.25) is 4.79 Å². The van der Waals surface area contributed by atoms with Crippen LogP contribution in [-0.2, 0) is 0 Å². The van der Waals surface area contributed by atoms with Crippen molar-refractivity contribution in [2.45, 2.75) is 45.7 Å². The number of amides is 3. The SMILES string of the molecule is CC1CCN(C(=O)c2cccc(NC(=O)NC(C)C)c2)C(CN)C1. The molecule has 24 heavy (non-hydrogen) atoms. The van der Waals surface area contributed by atoms with E-state index in [-0.39, 0.29) is 24.0 Å². The lowest BCUT2D eigenvalue weighted by molar-refractivity contribution is 0.0573. The summed E-state index contributed by atoms with van der Waals surface area (Å²) < 4.78 is 0. The summed E-state index contributed by atoms with van der Waals surface area (Å²) in [5, 5.41) is 5.52. The molecule has 0 radical (unpaired) electrons. The summed E-state index contributed by atoms with van der Waals surface area (Å²) in [4.78, 5) is 26.5. The highest BCUT2D eigenvalue weighted by Crippen LogP contribution is 2.24. The second kappa shape index (κ2) is 8.15. The predicted molar refractivity (Wildman–Crippen MR) is 96.0 cm³/mol. The molecule has 1 fully saturated rings. The topological polar surface area (TPSA) is 87.5 Å². The Balaban J connectivity index is 2.09. The van der Waals surface area contributed by atoms with Crippen LogP contribution in [0, 0.1) is 5.92 Å². The van der Waals surface area contributed by atoms with Gasteiger partial charge in [0.1, 0.15) is 0 Å². The highest BCUT2D eigenvalue weighted by molar-refractivity contribution is 5.97. The van der Waals surface area contributed by atoms with Gasteiger partial charge in [0.25, 0.3) is 5.91 Å². The Hall–Kier alpha value is -2.08. The van der Waals surface area contributed by atoms with Crippen LogP contribution >= 0.6 is 0 Å². The lowest BCUT2D eigenvalue weighted by Crippen LogP contribution is -2.49.